The number of halogens is 1. The normalized spacial score (nSPS) is 11.9. The minimum Gasteiger partial charge on any atom is -0.477 e. The molecule has 18 heavy (non-hydrogen) atoms. The first-order chi connectivity index (χ1) is 8.28. The quantitative estimate of drug-likeness (QED) is 0.898. The van der Waals surface area contributed by atoms with Gasteiger partial charge in [0.2, 0.25) is 5.88 Å². The number of nitrogens with one attached hydrogen (secondary N) is 1. The smallest absolute Gasteiger partial charge is 0.217 e. The summed E-state index contributed by atoms with van der Waals surface area (Å²) in [4.78, 5) is 4.34. The maximum absolute atomic E-state index is 5.75. The molecule has 102 valence electrons. The van der Waals surface area contributed by atoms with E-state index < -0.39 is 0 Å². The molecule has 0 spiro atoms. The average Bonchev–Trinajstić information content (AvgIpc) is 2.23. The van der Waals surface area contributed by atoms with Crippen molar-refractivity contribution in [2.45, 2.75) is 46.7 Å². The number of hydrogen-bond acceptors (Lipinski definition) is 3. The Balaban J connectivity index is 2.76. The average molecular weight is 315 g/mol. The van der Waals surface area contributed by atoms with Crippen LogP contribution in [0.2, 0.25) is 0 Å². The van der Waals surface area contributed by atoms with Gasteiger partial charge in [-0.3, -0.25) is 0 Å². The van der Waals surface area contributed by atoms with Crippen LogP contribution in [0.4, 0.5) is 0 Å². The molecule has 0 saturated carbocycles. The Morgan fingerprint density at radius 1 is 1.39 bits per heavy atom. The lowest BCUT2D eigenvalue weighted by Crippen LogP contribution is -2.35. The SMILES string of the molecule is CC(C)COc1ncc(Br)cc1CNC(C)(C)C. The first-order valence-corrected chi connectivity index (χ1v) is 7.09. The van der Waals surface area contributed by atoms with Crippen LogP contribution < -0.4 is 10.1 Å². The van der Waals surface area contributed by atoms with Crippen LogP contribution >= 0.6 is 15.9 Å². The van der Waals surface area contributed by atoms with Gasteiger partial charge in [-0.25, -0.2) is 4.98 Å². The van der Waals surface area contributed by atoms with E-state index in [1.807, 2.05) is 0 Å². The molecule has 0 aliphatic heterocycles. The summed E-state index contributed by atoms with van der Waals surface area (Å²) in [7, 11) is 0. The Hall–Kier alpha value is -0.610. The Morgan fingerprint density at radius 2 is 2.06 bits per heavy atom. The number of nitrogens with zero attached hydrogens (tertiary/aromatic N) is 1. The van der Waals surface area contributed by atoms with Crippen LogP contribution in [0.1, 0.15) is 40.2 Å². The summed E-state index contributed by atoms with van der Waals surface area (Å²) < 4.78 is 6.72. The van der Waals surface area contributed by atoms with Gasteiger partial charge in [0.1, 0.15) is 0 Å². The fourth-order valence-electron chi connectivity index (χ4n) is 1.33. The molecule has 3 nitrogen and oxygen atoms in total. The molecule has 0 aliphatic rings. The van der Waals surface area contributed by atoms with E-state index in [0.717, 1.165) is 22.5 Å². The van der Waals surface area contributed by atoms with Crippen molar-refractivity contribution in [1.82, 2.24) is 10.3 Å². The van der Waals surface area contributed by atoms with Crippen molar-refractivity contribution in [3.63, 3.8) is 0 Å². The van der Waals surface area contributed by atoms with Crippen LogP contribution in [-0.4, -0.2) is 17.1 Å². The minimum absolute atomic E-state index is 0.0810. The first-order valence-electron chi connectivity index (χ1n) is 6.30. The second kappa shape index (κ2) is 6.53. The first kappa shape index (κ1) is 15.4. The molecule has 0 saturated heterocycles. The molecular weight excluding hydrogens is 292 g/mol. The van der Waals surface area contributed by atoms with Crippen molar-refractivity contribution >= 4 is 15.9 Å². The highest BCUT2D eigenvalue weighted by atomic mass is 79.9. The Bertz CT molecular complexity index is 386. The number of aromatic nitrogens is 1. The summed E-state index contributed by atoms with van der Waals surface area (Å²) in [6.45, 7) is 12.1. The molecule has 0 bridgehead atoms. The lowest BCUT2D eigenvalue weighted by atomic mass is 10.1. The van der Waals surface area contributed by atoms with Crippen LogP contribution in [0.25, 0.3) is 0 Å². The van der Waals surface area contributed by atoms with Crippen molar-refractivity contribution in [2.75, 3.05) is 6.61 Å². The fourth-order valence-corrected chi connectivity index (χ4v) is 1.71. The third kappa shape index (κ3) is 5.83. The highest BCUT2D eigenvalue weighted by Gasteiger charge is 2.12. The summed E-state index contributed by atoms with van der Waals surface area (Å²) in [5.41, 5.74) is 1.16. The fraction of sp³-hybridized carbons (Fsp3) is 0.643. The maximum atomic E-state index is 5.75. The largest absolute Gasteiger partial charge is 0.477 e. The van der Waals surface area contributed by atoms with E-state index in [1.54, 1.807) is 6.20 Å². The van der Waals surface area contributed by atoms with E-state index >= 15 is 0 Å². The number of pyridine rings is 1. The highest BCUT2D eigenvalue weighted by molar-refractivity contribution is 9.10. The zero-order valence-corrected chi connectivity index (χ0v) is 13.5. The molecule has 1 aromatic heterocycles. The van der Waals surface area contributed by atoms with Gasteiger partial charge < -0.3 is 10.1 Å². The molecule has 0 atom stereocenters. The third-order valence-electron chi connectivity index (χ3n) is 2.25. The third-order valence-corrected chi connectivity index (χ3v) is 2.69. The van der Waals surface area contributed by atoms with Gasteiger partial charge in [0.15, 0.2) is 0 Å². The number of rotatable bonds is 5. The molecule has 4 heteroatoms. The van der Waals surface area contributed by atoms with Gasteiger partial charge in [0.25, 0.3) is 0 Å². The van der Waals surface area contributed by atoms with Gasteiger partial charge >= 0.3 is 0 Å². The molecule has 0 unspecified atom stereocenters. The predicted octanol–water partition coefficient (Wildman–Crippen LogP) is 3.77. The highest BCUT2D eigenvalue weighted by Crippen LogP contribution is 2.21. The van der Waals surface area contributed by atoms with Gasteiger partial charge in [-0.05, 0) is 48.7 Å². The van der Waals surface area contributed by atoms with E-state index in [0.29, 0.717) is 12.5 Å². The van der Waals surface area contributed by atoms with Crippen molar-refractivity contribution in [2.24, 2.45) is 5.92 Å². The van der Waals surface area contributed by atoms with Crippen molar-refractivity contribution < 1.29 is 4.74 Å². The van der Waals surface area contributed by atoms with Crippen molar-refractivity contribution in [3.8, 4) is 5.88 Å². The molecule has 0 aromatic carbocycles. The van der Waals surface area contributed by atoms with E-state index in [1.165, 1.54) is 0 Å². The Labute approximate surface area is 118 Å². The molecule has 1 N–H and O–H groups in total. The van der Waals surface area contributed by atoms with E-state index in [2.05, 4.69) is 66.9 Å². The number of hydrogen-bond donors (Lipinski definition) is 1. The van der Waals surface area contributed by atoms with Crippen LogP contribution in [0.15, 0.2) is 16.7 Å². The van der Waals surface area contributed by atoms with Crippen molar-refractivity contribution in [1.29, 1.82) is 0 Å². The van der Waals surface area contributed by atoms with Crippen LogP contribution in [0.5, 0.6) is 5.88 Å². The summed E-state index contributed by atoms with van der Waals surface area (Å²) >= 11 is 3.45. The summed E-state index contributed by atoms with van der Waals surface area (Å²) in [6.07, 6.45) is 1.77. The molecule has 1 rings (SSSR count). The monoisotopic (exact) mass is 314 g/mol. The van der Waals surface area contributed by atoms with E-state index in [-0.39, 0.29) is 5.54 Å². The van der Waals surface area contributed by atoms with Gasteiger partial charge in [0, 0.05) is 28.3 Å². The summed E-state index contributed by atoms with van der Waals surface area (Å²) in [5, 5.41) is 3.45. The topological polar surface area (TPSA) is 34.1 Å². The zero-order valence-electron chi connectivity index (χ0n) is 11.9. The number of ether oxygens (including phenoxy) is 1. The van der Waals surface area contributed by atoms with Crippen LogP contribution in [-0.2, 0) is 6.54 Å². The van der Waals surface area contributed by atoms with Gasteiger partial charge in [-0.15, -0.1) is 0 Å². The van der Waals surface area contributed by atoms with E-state index in [4.69, 9.17) is 4.74 Å². The Morgan fingerprint density at radius 3 is 2.61 bits per heavy atom. The Kier molecular flexibility index (Phi) is 5.60. The predicted molar refractivity (Wildman–Crippen MR) is 78.9 cm³/mol. The standard InChI is InChI=1S/C14H23BrN2O/c1-10(2)9-18-13-11(6-12(15)8-16-13)7-17-14(3,4)5/h6,8,10,17H,7,9H2,1-5H3. The molecule has 0 radical (unpaired) electrons. The van der Waals surface area contributed by atoms with Crippen LogP contribution in [0, 0.1) is 5.92 Å². The van der Waals surface area contributed by atoms with Crippen LogP contribution in [0.3, 0.4) is 0 Å². The summed E-state index contributed by atoms with van der Waals surface area (Å²) in [5.74, 6) is 1.22. The molecule has 1 heterocycles. The molecular formula is C14H23BrN2O. The molecule has 0 aliphatic carbocycles. The lowest BCUT2D eigenvalue weighted by Gasteiger charge is -2.21. The molecule has 1 aromatic rings. The zero-order chi connectivity index (χ0) is 13.8. The van der Waals surface area contributed by atoms with Gasteiger partial charge in [-0.1, -0.05) is 13.8 Å². The summed E-state index contributed by atoms with van der Waals surface area (Å²) in [6, 6.07) is 2.06. The second-order valence-electron chi connectivity index (χ2n) is 5.93. The van der Waals surface area contributed by atoms with Gasteiger partial charge in [-0.2, -0.15) is 0 Å². The van der Waals surface area contributed by atoms with Crippen molar-refractivity contribution in [3.05, 3.63) is 22.3 Å². The maximum Gasteiger partial charge on any atom is 0.217 e. The molecule has 0 amide bonds. The molecule has 0 fully saturated rings. The second-order valence-corrected chi connectivity index (χ2v) is 6.84. The van der Waals surface area contributed by atoms with Gasteiger partial charge in [0.05, 0.1) is 6.61 Å². The lowest BCUT2D eigenvalue weighted by molar-refractivity contribution is 0.257. The van der Waals surface area contributed by atoms with E-state index in [9.17, 15) is 0 Å². The minimum atomic E-state index is 0.0810.